The summed E-state index contributed by atoms with van der Waals surface area (Å²) in [6.07, 6.45) is 4.22. The molecule has 1 fully saturated rings. The lowest BCUT2D eigenvalue weighted by Crippen LogP contribution is -2.37. The first-order valence-electron chi connectivity index (χ1n) is 10.0. The number of benzene rings is 2. The number of hydrogen-bond acceptors (Lipinski definition) is 3. The lowest BCUT2D eigenvalue weighted by molar-refractivity contribution is 0.0507. The first-order valence-corrected chi connectivity index (χ1v) is 10.4. The zero-order valence-corrected chi connectivity index (χ0v) is 17.2. The third kappa shape index (κ3) is 5.98. The Kier molecular flexibility index (Phi) is 7.75. The van der Waals surface area contributed by atoms with Gasteiger partial charge in [0.25, 0.3) is 5.91 Å². The van der Waals surface area contributed by atoms with Crippen molar-refractivity contribution in [3.05, 3.63) is 64.7 Å². The second-order valence-corrected chi connectivity index (χ2v) is 7.61. The molecule has 0 saturated carbocycles. The van der Waals surface area contributed by atoms with Gasteiger partial charge in [0, 0.05) is 30.3 Å². The van der Waals surface area contributed by atoms with E-state index in [1.165, 1.54) is 0 Å². The number of carbonyl (C=O) groups excluding carboxylic acids is 1. The summed E-state index contributed by atoms with van der Waals surface area (Å²) in [5, 5.41) is 0.692. The van der Waals surface area contributed by atoms with Gasteiger partial charge in [-0.15, -0.1) is 0 Å². The smallest absolute Gasteiger partial charge is 0.254 e. The lowest BCUT2D eigenvalue weighted by atomic mass is 10.1. The topological polar surface area (TPSA) is 38.8 Å². The Hall–Kier alpha value is -2.04. The molecule has 3 rings (SSSR count). The Morgan fingerprint density at radius 2 is 2.07 bits per heavy atom. The lowest BCUT2D eigenvalue weighted by Gasteiger charge is -2.26. The fraction of sp³-hybridized carbons (Fsp3) is 0.435. The number of rotatable bonds is 9. The summed E-state index contributed by atoms with van der Waals surface area (Å²) in [5.74, 6) is 0.731. The molecular formula is C23H28ClNO3. The fourth-order valence-electron chi connectivity index (χ4n) is 3.30. The predicted octanol–water partition coefficient (Wildman–Crippen LogP) is 5.34. The van der Waals surface area contributed by atoms with Gasteiger partial charge in [-0.25, -0.2) is 0 Å². The monoisotopic (exact) mass is 401 g/mol. The molecule has 28 heavy (non-hydrogen) atoms. The van der Waals surface area contributed by atoms with Crippen molar-refractivity contribution in [3.63, 3.8) is 0 Å². The minimum atomic E-state index is -0.00797. The van der Waals surface area contributed by atoms with Crippen molar-refractivity contribution < 1.29 is 14.3 Å². The van der Waals surface area contributed by atoms with E-state index in [0.29, 0.717) is 30.3 Å². The highest BCUT2D eigenvalue weighted by Crippen LogP contribution is 2.20. The summed E-state index contributed by atoms with van der Waals surface area (Å²) in [5.41, 5.74) is 1.69. The number of halogens is 1. The highest BCUT2D eigenvalue weighted by molar-refractivity contribution is 6.30. The molecule has 0 aromatic heterocycles. The summed E-state index contributed by atoms with van der Waals surface area (Å²) in [7, 11) is 0. The zero-order valence-electron chi connectivity index (χ0n) is 16.4. The van der Waals surface area contributed by atoms with Crippen molar-refractivity contribution in [2.45, 2.75) is 45.3 Å². The van der Waals surface area contributed by atoms with Crippen LogP contribution in [0.3, 0.4) is 0 Å². The average molecular weight is 402 g/mol. The minimum Gasteiger partial charge on any atom is -0.494 e. The van der Waals surface area contributed by atoms with Crippen molar-refractivity contribution in [1.82, 2.24) is 4.90 Å². The van der Waals surface area contributed by atoms with Gasteiger partial charge in [0.15, 0.2) is 0 Å². The normalized spacial score (nSPS) is 16.1. The molecule has 1 saturated heterocycles. The number of nitrogens with zero attached hydrogens (tertiary/aromatic N) is 1. The van der Waals surface area contributed by atoms with Crippen LogP contribution in [0.25, 0.3) is 0 Å². The van der Waals surface area contributed by atoms with E-state index in [4.69, 9.17) is 21.1 Å². The number of ether oxygens (including phenoxy) is 2. The van der Waals surface area contributed by atoms with E-state index in [2.05, 4.69) is 6.92 Å². The van der Waals surface area contributed by atoms with Crippen LogP contribution < -0.4 is 4.74 Å². The summed E-state index contributed by atoms with van der Waals surface area (Å²) in [4.78, 5) is 15.1. The number of carbonyl (C=O) groups is 1. The van der Waals surface area contributed by atoms with Crippen LogP contribution in [0.15, 0.2) is 48.5 Å². The van der Waals surface area contributed by atoms with Crippen LogP contribution in [0, 0.1) is 0 Å². The third-order valence-electron chi connectivity index (χ3n) is 4.87. The first-order chi connectivity index (χ1) is 13.7. The SMILES string of the molecule is CCCCOc1cccc(C(=O)N(Cc2ccc(Cl)cc2)CC2CCCO2)c1. The molecule has 1 unspecified atom stereocenters. The quantitative estimate of drug-likeness (QED) is 0.532. The van der Waals surface area contributed by atoms with Gasteiger partial charge < -0.3 is 14.4 Å². The standard InChI is InChI=1S/C23H28ClNO3/c1-2-3-13-27-21-7-4-6-19(15-21)23(26)25(17-22-8-5-14-28-22)16-18-9-11-20(24)12-10-18/h4,6-7,9-12,15,22H,2-3,5,8,13-14,16-17H2,1H3. The van der Waals surface area contributed by atoms with Gasteiger partial charge >= 0.3 is 0 Å². The second-order valence-electron chi connectivity index (χ2n) is 7.18. The van der Waals surface area contributed by atoms with Gasteiger partial charge in [-0.3, -0.25) is 4.79 Å². The van der Waals surface area contributed by atoms with E-state index in [9.17, 15) is 4.79 Å². The molecule has 0 aliphatic carbocycles. The van der Waals surface area contributed by atoms with Crippen LogP contribution in [0.2, 0.25) is 5.02 Å². The molecule has 4 nitrogen and oxygen atoms in total. The van der Waals surface area contributed by atoms with Crippen molar-refractivity contribution >= 4 is 17.5 Å². The molecule has 1 aliphatic rings. The van der Waals surface area contributed by atoms with Crippen molar-refractivity contribution in [3.8, 4) is 5.75 Å². The van der Waals surface area contributed by atoms with Crippen molar-refractivity contribution in [2.75, 3.05) is 19.8 Å². The van der Waals surface area contributed by atoms with E-state index in [-0.39, 0.29) is 12.0 Å². The van der Waals surface area contributed by atoms with Crippen molar-refractivity contribution in [1.29, 1.82) is 0 Å². The Labute approximate surface area is 172 Å². The molecule has 5 heteroatoms. The molecule has 150 valence electrons. The van der Waals surface area contributed by atoms with Crippen LogP contribution in [-0.4, -0.2) is 36.7 Å². The average Bonchev–Trinajstić information content (AvgIpc) is 3.22. The van der Waals surface area contributed by atoms with Gasteiger partial charge in [-0.1, -0.05) is 43.1 Å². The van der Waals surface area contributed by atoms with Gasteiger partial charge in [0.05, 0.1) is 12.7 Å². The van der Waals surface area contributed by atoms with Gasteiger partial charge in [-0.05, 0) is 55.2 Å². The van der Waals surface area contributed by atoms with Crippen LogP contribution >= 0.6 is 11.6 Å². The van der Waals surface area contributed by atoms with Crippen LogP contribution in [-0.2, 0) is 11.3 Å². The Morgan fingerprint density at radius 1 is 1.25 bits per heavy atom. The molecule has 2 aromatic rings. The van der Waals surface area contributed by atoms with Crippen LogP contribution in [0.4, 0.5) is 0 Å². The summed E-state index contributed by atoms with van der Waals surface area (Å²) >= 11 is 6.00. The molecule has 1 heterocycles. The number of hydrogen-bond donors (Lipinski definition) is 0. The molecule has 0 spiro atoms. The van der Waals surface area contributed by atoms with E-state index in [0.717, 1.165) is 43.6 Å². The molecule has 0 N–H and O–H groups in total. The minimum absolute atomic E-state index is 0.00797. The molecular weight excluding hydrogens is 374 g/mol. The van der Waals surface area contributed by atoms with E-state index < -0.39 is 0 Å². The number of amides is 1. The predicted molar refractivity (Wildman–Crippen MR) is 112 cm³/mol. The summed E-state index contributed by atoms with van der Waals surface area (Å²) in [6.45, 7) is 4.68. The Balaban J connectivity index is 1.75. The molecule has 1 amide bonds. The Morgan fingerprint density at radius 3 is 2.79 bits per heavy atom. The molecule has 0 bridgehead atoms. The van der Waals surface area contributed by atoms with Gasteiger partial charge in [0.1, 0.15) is 5.75 Å². The molecule has 1 aliphatic heterocycles. The largest absolute Gasteiger partial charge is 0.494 e. The van der Waals surface area contributed by atoms with Gasteiger partial charge in [0.2, 0.25) is 0 Å². The summed E-state index contributed by atoms with van der Waals surface area (Å²) in [6, 6.07) is 15.1. The third-order valence-corrected chi connectivity index (χ3v) is 5.12. The molecule has 2 aromatic carbocycles. The van der Waals surface area contributed by atoms with Crippen LogP contribution in [0.1, 0.15) is 48.5 Å². The van der Waals surface area contributed by atoms with E-state index >= 15 is 0 Å². The maximum atomic E-state index is 13.3. The Bertz CT molecular complexity index is 757. The fourth-order valence-corrected chi connectivity index (χ4v) is 3.43. The molecule has 1 atom stereocenters. The van der Waals surface area contributed by atoms with Gasteiger partial charge in [-0.2, -0.15) is 0 Å². The maximum Gasteiger partial charge on any atom is 0.254 e. The maximum absolute atomic E-state index is 13.3. The second kappa shape index (κ2) is 10.5. The summed E-state index contributed by atoms with van der Waals surface area (Å²) < 4.78 is 11.5. The van der Waals surface area contributed by atoms with Crippen LogP contribution in [0.5, 0.6) is 5.75 Å². The highest BCUT2D eigenvalue weighted by Gasteiger charge is 2.24. The highest BCUT2D eigenvalue weighted by atomic mass is 35.5. The first kappa shape index (κ1) is 20.7. The van der Waals surface area contributed by atoms with E-state index in [1.807, 2.05) is 53.4 Å². The zero-order chi connectivity index (χ0) is 19.8. The molecule has 0 radical (unpaired) electrons. The van der Waals surface area contributed by atoms with Crippen molar-refractivity contribution in [2.24, 2.45) is 0 Å². The number of unbranched alkanes of at least 4 members (excludes halogenated alkanes) is 1. The van der Waals surface area contributed by atoms with E-state index in [1.54, 1.807) is 0 Å².